The van der Waals surface area contributed by atoms with E-state index in [0.717, 1.165) is 18.5 Å². The van der Waals surface area contributed by atoms with Crippen molar-refractivity contribution in [3.05, 3.63) is 11.3 Å². The van der Waals surface area contributed by atoms with Crippen molar-refractivity contribution in [2.45, 2.75) is 32.1 Å². The minimum atomic E-state index is 0.655. The van der Waals surface area contributed by atoms with Gasteiger partial charge in [-0.1, -0.05) is 6.42 Å². The molecule has 0 unspecified atom stereocenters. The summed E-state index contributed by atoms with van der Waals surface area (Å²) >= 11 is 0. The summed E-state index contributed by atoms with van der Waals surface area (Å²) in [5.74, 6) is 0. The Hall–Kier alpha value is -0.855. The largest absolute Gasteiger partial charge is 0.398 e. The number of anilines is 1. The van der Waals surface area contributed by atoms with E-state index in [2.05, 4.69) is 4.98 Å². The molecule has 0 aliphatic heterocycles. The van der Waals surface area contributed by atoms with Gasteiger partial charge in [-0.2, -0.15) is 0 Å². The summed E-state index contributed by atoms with van der Waals surface area (Å²) in [6, 6.07) is 0. The second kappa shape index (κ2) is 2.89. The van der Waals surface area contributed by atoms with Crippen molar-refractivity contribution in [2.24, 2.45) is 0 Å². The number of nitrogens with two attached hydrogens (primary N) is 1. The zero-order chi connectivity index (χ0) is 8.55. The highest BCUT2D eigenvalue weighted by atomic mass is 14.8. The van der Waals surface area contributed by atoms with Crippen molar-refractivity contribution in [2.75, 3.05) is 5.73 Å². The molecule has 0 saturated carbocycles. The SMILES string of the molecule is [B]c1[nH]c2c(c1N)CCCCC2. The van der Waals surface area contributed by atoms with Gasteiger partial charge in [-0.3, -0.25) is 0 Å². The zero-order valence-corrected chi connectivity index (χ0v) is 7.19. The second-order valence-electron chi connectivity index (χ2n) is 3.47. The summed E-state index contributed by atoms with van der Waals surface area (Å²) in [7, 11) is 5.69. The van der Waals surface area contributed by atoms with Crippen LogP contribution in [0.1, 0.15) is 30.5 Å². The van der Waals surface area contributed by atoms with Gasteiger partial charge in [0, 0.05) is 11.4 Å². The van der Waals surface area contributed by atoms with Gasteiger partial charge in [-0.15, -0.1) is 0 Å². The number of aromatic nitrogens is 1. The van der Waals surface area contributed by atoms with Crippen molar-refractivity contribution < 1.29 is 0 Å². The lowest BCUT2D eigenvalue weighted by Gasteiger charge is -1.98. The summed E-state index contributed by atoms with van der Waals surface area (Å²) in [5.41, 5.74) is 9.81. The fraction of sp³-hybridized carbons (Fsp3) is 0.556. The first-order valence-corrected chi connectivity index (χ1v) is 4.53. The molecule has 1 heterocycles. The lowest BCUT2D eigenvalue weighted by atomic mass is 10.0. The molecule has 0 fully saturated rings. The average molecular weight is 160 g/mol. The summed E-state index contributed by atoms with van der Waals surface area (Å²) in [4.78, 5) is 3.16. The van der Waals surface area contributed by atoms with E-state index in [1.165, 1.54) is 30.5 Å². The summed E-state index contributed by atoms with van der Waals surface area (Å²) < 4.78 is 0. The number of aryl methyl sites for hydroxylation is 1. The fourth-order valence-electron chi connectivity index (χ4n) is 1.91. The third-order valence-electron chi connectivity index (χ3n) is 2.62. The Morgan fingerprint density at radius 3 is 2.75 bits per heavy atom. The molecular weight excluding hydrogens is 147 g/mol. The third kappa shape index (κ3) is 1.13. The van der Waals surface area contributed by atoms with Crippen molar-refractivity contribution in [1.82, 2.24) is 4.98 Å². The highest BCUT2D eigenvalue weighted by Gasteiger charge is 2.13. The van der Waals surface area contributed by atoms with Crippen LogP contribution in [0.2, 0.25) is 0 Å². The van der Waals surface area contributed by atoms with Gasteiger partial charge in [0.25, 0.3) is 0 Å². The number of hydrogen-bond donors (Lipinski definition) is 2. The van der Waals surface area contributed by atoms with Crippen LogP contribution in [0.4, 0.5) is 5.69 Å². The highest BCUT2D eigenvalue weighted by Crippen LogP contribution is 2.22. The quantitative estimate of drug-likeness (QED) is 0.424. The topological polar surface area (TPSA) is 41.8 Å². The third-order valence-corrected chi connectivity index (χ3v) is 2.62. The van der Waals surface area contributed by atoms with Crippen LogP contribution in [0, 0.1) is 0 Å². The van der Waals surface area contributed by atoms with E-state index in [-0.39, 0.29) is 0 Å². The number of H-pyrrole nitrogens is 1. The molecule has 12 heavy (non-hydrogen) atoms. The molecule has 0 aromatic carbocycles. The van der Waals surface area contributed by atoms with E-state index in [1.54, 1.807) is 0 Å². The molecule has 1 aromatic heterocycles. The Labute approximate surface area is 74.0 Å². The van der Waals surface area contributed by atoms with Gasteiger partial charge in [0.05, 0.1) is 0 Å². The Morgan fingerprint density at radius 2 is 1.92 bits per heavy atom. The van der Waals surface area contributed by atoms with E-state index in [9.17, 15) is 0 Å². The Morgan fingerprint density at radius 1 is 1.17 bits per heavy atom. The van der Waals surface area contributed by atoms with Gasteiger partial charge in [-0.25, -0.2) is 0 Å². The van der Waals surface area contributed by atoms with Gasteiger partial charge in [0.15, 0.2) is 0 Å². The first kappa shape index (κ1) is 7.78. The van der Waals surface area contributed by atoms with Crippen molar-refractivity contribution in [1.29, 1.82) is 0 Å². The first-order valence-electron chi connectivity index (χ1n) is 4.53. The standard InChI is InChI=1S/C9H13BN2/c10-9-8(11)6-4-2-1-3-5-7(6)12-9/h12H,1-5,11H2. The van der Waals surface area contributed by atoms with Crippen LogP contribution in [0.3, 0.4) is 0 Å². The van der Waals surface area contributed by atoms with E-state index in [4.69, 9.17) is 13.6 Å². The maximum atomic E-state index is 5.84. The number of aromatic amines is 1. The van der Waals surface area contributed by atoms with Gasteiger partial charge in [0.2, 0.25) is 0 Å². The molecule has 62 valence electrons. The van der Waals surface area contributed by atoms with E-state index < -0.39 is 0 Å². The molecule has 1 aliphatic carbocycles. The average Bonchev–Trinajstić information content (AvgIpc) is 2.30. The van der Waals surface area contributed by atoms with Gasteiger partial charge >= 0.3 is 0 Å². The van der Waals surface area contributed by atoms with E-state index in [1.807, 2.05) is 0 Å². The smallest absolute Gasteiger partial charge is 0.141 e. The maximum absolute atomic E-state index is 5.84. The zero-order valence-electron chi connectivity index (χ0n) is 7.19. The number of rotatable bonds is 0. The molecular formula is C9H13BN2. The molecule has 0 spiro atoms. The second-order valence-corrected chi connectivity index (χ2v) is 3.47. The highest BCUT2D eigenvalue weighted by molar-refractivity contribution is 6.34. The molecule has 0 amide bonds. The molecule has 0 bridgehead atoms. The van der Waals surface area contributed by atoms with E-state index in [0.29, 0.717) is 5.59 Å². The lowest BCUT2D eigenvalue weighted by Crippen LogP contribution is -2.09. The Bertz CT molecular complexity index is 291. The molecule has 2 rings (SSSR count). The predicted octanol–water partition coefficient (Wildman–Crippen LogP) is 0.660. The minimum Gasteiger partial charge on any atom is -0.398 e. The monoisotopic (exact) mass is 160 g/mol. The number of nitrogen functional groups attached to an aromatic ring is 1. The molecule has 0 saturated heterocycles. The van der Waals surface area contributed by atoms with Crippen LogP contribution < -0.4 is 11.3 Å². The van der Waals surface area contributed by atoms with Crippen LogP contribution in [0.5, 0.6) is 0 Å². The lowest BCUT2D eigenvalue weighted by molar-refractivity contribution is 0.708. The summed E-state index contributed by atoms with van der Waals surface area (Å²) in [6.07, 6.45) is 6.01. The van der Waals surface area contributed by atoms with Crippen molar-refractivity contribution in [3.63, 3.8) is 0 Å². The van der Waals surface area contributed by atoms with Crippen molar-refractivity contribution >= 4 is 19.1 Å². The molecule has 3 N–H and O–H groups in total. The molecule has 2 radical (unpaired) electrons. The maximum Gasteiger partial charge on any atom is 0.141 e. The molecule has 2 nitrogen and oxygen atoms in total. The molecule has 0 atom stereocenters. The fourth-order valence-corrected chi connectivity index (χ4v) is 1.91. The number of hydrogen-bond acceptors (Lipinski definition) is 1. The van der Waals surface area contributed by atoms with Crippen LogP contribution >= 0.6 is 0 Å². The Balaban J connectivity index is 2.42. The van der Waals surface area contributed by atoms with Gasteiger partial charge < -0.3 is 10.7 Å². The first-order chi connectivity index (χ1) is 5.79. The number of fused-ring (bicyclic) bond motifs is 1. The van der Waals surface area contributed by atoms with Crippen LogP contribution in [-0.2, 0) is 12.8 Å². The molecule has 1 aromatic rings. The predicted molar refractivity (Wildman–Crippen MR) is 51.9 cm³/mol. The molecule has 1 aliphatic rings. The van der Waals surface area contributed by atoms with Crippen LogP contribution in [0.25, 0.3) is 0 Å². The van der Waals surface area contributed by atoms with Crippen molar-refractivity contribution in [3.8, 4) is 0 Å². The summed E-state index contributed by atoms with van der Waals surface area (Å²) in [6.45, 7) is 0. The molecule has 3 heteroatoms. The van der Waals surface area contributed by atoms with Crippen LogP contribution in [-0.4, -0.2) is 12.8 Å². The van der Waals surface area contributed by atoms with Gasteiger partial charge in [-0.05, 0) is 36.8 Å². The van der Waals surface area contributed by atoms with E-state index >= 15 is 0 Å². The summed E-state index contributed by atoms with van der Waals surface area (Å²) in [5, 5.41) is 0. The van der Waals surface area contributed by atoms with Gasteiger partial charge in [0.1, 0.15) is 7.85 Å². The normalized spacial score (nSPS) is 17.0. The van der Waals surface area contributed by atoms with Crippen LogP contribution in [0.15, 0.2) is 0 Å². The number of nitrogens with one attached hydrogen (secondary N) is 1. The minimum absolute atomic E-state index is 0.655. The Kier molecular flexibility index (Phi) is 1.87.